The van der Waals surface area contributed by atoms with E-state index in [1.807, 2.05) is 43.3 Å². The first-order valence-corrected chi connectivity index (χ1v) is 9.44. The van der Waals surface area contributed by atoms with Gasteiger partial charge in [0.1, 0.15) is 23.7 Å². The van der Waals surface area contributed by atoms with Gasteiger partial charge in [-0.05, 0) is 36.8 Å². The Morgan fingerprint density at radius 1 is 1.11 bits per heavy atom. The summed E-state index contributed by atoms with van der Waals surface area (Å²) in [6.45, 7) is 5.91. The minimum atomic E-state index is -0.337. The molecule has 6 nitrogen and oxygen atoms in total. The number of fused-ring (bicyclic) bond motifs is 1. The number of aryl methyl sites for hydroxylation is 1. The van der Waals surface area contributed by atoms with Crippen LogP contribution in [0.5, 0.6) is 11.5 Å². The molecule has 3 aromatic rings. The summed E-state index contributed by atoms with van der Waals surface area (Å²) < 4.78 is 16.7. The molecule has 2 heterocycles. The number of nitrogens with one attached hydrogen (secondary N) is 1. The fraction of sp³-hybridized carbons (Fsp3) is 0.318. The summed E-state index contributed by atoms with van der Waals surface area (Å²) in [7, 11) is 1.65. The second-order valence-electron chi connectivity index (χ2n) is 6.89. The second-order valence-corrected chi connectivity index (χ2v) is 6.89. The van der Waals surface area contributed by atoms with E-state index in [0.717, 1.165) is 54.1 Å². The molecule has 0 bridgehead atoms. The number of methoxy groups -OCH3 is 1. The average Bonchev–Trinajstić information content (AvgIpc) is 2.74. The van der Waals surface area contributed by atoms with E-state index in [1.165, 1.54) is 0 Å². The standard InChI is InChI=1S/C22H24N2O4/c1-15-20(27-14-16-3-5-17(26-2)6-4-16)8-7-18-19(13-21(25)28-22(15)18)24-11-9-23-10-12-24/h3-8,13,23H,9-12,14H2,1-2H3. The average molecular weight is 380 g/mol. The van der Waals surface area contributed by atoms with Crippen molar-refractivity contribution in [2.24, 2.45) is 0 Å². The smallest absolute Gasteiger partial charge is 0.338 e. The van der Waals surface area contributed by atoms with Gasteiger partial charge in [-0.15, -0.1) is 0 Å². The van der Waals surface area contributed by atoms with Crippen LogP contribution in [0.15, 0.2) is 51.7 Å². The maximum Gasteiger partial charge on any atom is 0.338 e. The maximum absolute atomic E-state index is 12.2. The highest BCUT2D eigenvalue weighted by Gasteiger charge is 2.18. The van der Waals surface area contributed by atoms with Crippen molar-refractivity contribution < 1.29 is 13.9 Å². The third-order valence-corrected chi connectivity index (χ3v) is 5.10. The molecule has 0 amide bonds. The summed E-state index contributed by atoms with van der Waals surface area (Å²) in [6.07, 6.45) is 0. The predicted molar refractivity (Wildman–Crippen MR) is 110 cm³/mol. The summed E-state index contributed by atoms with van der Waals surface area (Å²) >= 11 is 0. The number of nitrogens with zero attached hydrogens (tertiary/aromatic N) is 1. The zero-order chi connectivity index (χ0) is 19.5. The molecule has 4 rings (SSSR count). The highest BCUT2D eigenvalue weighted by atomic mass is 16.5. The minimum Gasteiger partial charge on any atom is -0.497 e. The number of piperazine rings is 1. The Morgan fingerprint density at radius 2 is 1.86 bits per heavy atom. The predicted octanol–water partition coefficient (Wildman–Crippen LogP) is 3.10. The van der Waals surface area contributed by atoms with Gasteiger partial charge in [0.25, 0.3) is 0 Å². The molecule has 2 aromatic carbocycles. The lowest BCUT2D eigenvalue weighted by Gasteiger charge is -2.30. The van der Waals surface area contributed by atoms with Crippen molar-refractivity contribution in [1.29, 1.82) is 0 Å². The molecule has 1 fully saturated rings. The topological polar surface area (TPSA) is 63.9 Å². The fourth-order valence-corrected chi connectivity index (χ4v) is 3.53. The van der Waals surface area contributed by atoms with Crippen molar-refractivity contribution in [2.45, 2.75) is 13.5 Å². The quantitative estimate of drug-likeness (QED) is 0.687. The van der Waals surface area contributed by atoms with Gasteiger partial charge >= 0.3 is 5.63 Å². The molecule has 6 heteroatoms. The van der Waals surface area contributed by atoms with Crippen molar-refractivity contribution in [3.8, 4) is 11.5 Å². The second kappa shape index (κ2) is 7.94. The lowest BCUT2D eigenvalue weighted by atomic mass is 10.1. The highest BCUT2D eigenvalue weighted by Crippen LogP contribution is 2.33. The zero-order valence-corrected chi connectivity index (χ0v) is 16.2. The largest absolute Gasteiger partial charge is 0.497 e. The Hall–Kier alpha value is -2.99. The number of hydrogen-bond donors (Lipinski definition) is 1. The summed E-state index contributed by atoms with van der Waals surface area (Å²) in [6, 6.07) is 13.3. The minimum absolute atomic E-state index is 0.337. The van der Waals surface area contributed by atoms with Gasteiger partial charge in [-0.2, -0.15) is 0 Å². The van der Waals surface area contributed by atoms with E-state index in [0.29, 0.717) is 17.9 Å². The van der Waals surface area contributed by atoms with Crippen molar-refractivity contribution in [3.05, 3.63) is 64.0 Å². The van der Waals surface area contributed by atoms with Crippen LogP contribution >= 0.6 is 0 Å². The van der Waals surface area contributed by atoms with Crippen LogP contribution in [0.1, 0.15) is 11.1 Å². The van der Waals surface area contributed by atoms with Gasteiger partial charge in [0, 0.05) is 43.2 Å². The molecule has 0 spiro atoms. The summed E-state index contributed by atoms with van der Waals surface area (Å²) in [5.74, 6) is 1.52. The molecule has 146 valence electrons. The first-order chi connectivity index (χ1) is 13.7. The summed E-state index contributed by atoms with van der Waals surface area (Å²) in [5, 5.41) is 4.28. The number of anilines is 1. The summed E-state index contributed by atoms with van der Waals surface area (Å²) in [4.78, 5) is 14.4. The van der Waals surface area contributed by atoms with Crippen LogP contribution < -0.4 is 25.3 Å². The number of rotatable bonds is 5. The molecule has 28 heavy (non-hydrogen) atoms. The Bertz CT molecular complexity index is 1020. The van der Waals surface area contributed by atoms with Crippen molar-refractivity contribution in [3.63, 3.8) is 0 Å². The third-order valence-electron chi connectivity index (χ3n) is 5.10. The maximum atomic E-state index is 12.2. The van der Waals surface area contributed by atoms with Crippen molar-refractivity contribution in [1.82, 2.24) is 5.32 Å². The van der Waals surface area contributed by atoms with Crippen LogP contribution in [-0.2, 0) is 6.61 Å². The Labute approximate surface area is 163 Å². The first kappa shape index (κ1) is 18.4. The third kappa shape index (κ3) is 3.68. The first-order valence-electron chi connectivity index (χ1n) is 9.44. The van der Waals surface area contributed by atoms with Gasteiger partial charge in [0.2, 0.25) is 0 Å². The van der Waals surface area contributed by atoms with Gasteiger partial charge in [-0.1, -0.05) is 12.1 Å². The molecular formula is C22H24N2O4. The Balaban J connectivity index is 1.63. The lowest BCUT2D eigenvalue weighted by Crippen LogP contribution is -2.43. The molecule has 1 aliphatic heterocycles. The van der Waals surface area contributed by atoms with Crippen LogP contribution in [0, 0.1) is 6.92 Å². The van der Waals surface area contributed by atoms with E-state index in [9.17, 15) is 4.79 Å². The van der Waals surface area contributed by atoms with Crippen LogP contribution in [0.2, 0.25) is 0 Å². The molecule has 1 aliphatic rings. The van der Waals surface area contributed by atoms with Crippen LogP contribution in [0.4, 0.5) is 5.69 Å². The SMILES string of the molecule is COc1ccc(COc2ccc3c(N4CCNCC4)cc(=O)oc3c2C)cc1. The summed E-state index contributed by atoms with van der Waals surface area (Å²) in [5.41, 5.74) is 3.05. The molecular weight excluding hydrogens is 356 g/mol. The van der Waals surface area contributed by atoms with Crippen LogP contribution in [0.3, 0.4) is 0 Å². The molecule has 0 radical (unpaired) electrons. The normalized spacial score (nSPS) is 14.3. The zero-order valence-electron chi connectivity index (χ0n) is 16.2. The highest BCUT2D eigenvalue weighted by molar-refractivity contribution is 5.93. The lowest BCUT2D eigenvalue weighted by molar-refractivity contribution is 0.303. The fourth-order valence-electron chi connectivity index (χ4n) is 3.53. The molecule has 0 unspecified atom stereocenters. The van der Waals surface area contributed by atoms with Gasteiger partial charge < -0.3 is 24.1 Å². The van der Waals surface area contributed by atoms with Crippen LogP contribution in [-0.4, -0.2) is 33.3 Å². The molecule has 0 saturated carbocycles. The monoisotopic (exact) mass is 380 g/mol. The van der Waals surface area contributed by atoms with E-state index in [-0.39, 0.29) is 5.63 Å². The molecule has 0 aliphatic carbocycles. The van der Waals surface area contributed by atoms with Gasteiger partial charge in [-0.25, -0.2) is 4.79 Å². The van der Waals surface area contributed by atoms with E-state index >= 15 is 0 Å². The Kier molecular flexibility index (Phi) is 5.21. The van der Waals surface area contributed by atoms with E-state index in [4.69, 9.17) is 13.9 Å². The van der Waals surface area contributed by atoms with E-state index in [2.05, 4.69) is 10.2 Å². The number of ether oxygens (including phenoxy) is 2. The number of benzene rings is 2. The van der Waals surface area contributed by atoms with Gasteiger partial charge in [-0.3, -0.25) is 0 Å². The molecule has 1 N–H and O–H groups in total. The molecule has 1 saturated heterocycles. The van der Waals surface area contributed by atoms with E-state index in [1.54, 1.807) is 13.2 Å². The van der Waals surface area contributed by atoms with Crippen molar-refractivity contribution in [2.75, 3.05) is 38.2 Å². The number of hydrogen-bond acceptors (Lipinski definition) is 6. The van der Waals surface area contributed by atoms with Crippen LogP contribution in [0.25, 0.3) is 11.0 Å². The van der Waals surface area contributed by atoms with Gasteiger partial charge in [0.05, 0.1) is 12.8 Å². The molecule has 0 atom stereocenters. The molecule has 1 aromatic heterocycles. The van der Waals surface area contributed by atoms with Crippen molar-refractivity contribution >= 4 is 16.7 Å². The van der Waals surface area contributed by atoms with E-state index < -0.39 is 0 Å². The Morgan fingerprint density at radius 3 is 2.57 bits per heavy atom. The van der Waals surface area contributed by atoms with Gasteiger partial charge in [0.15, 0.2) is 0 Å².